The molecule has 3 heteroatoms. The van der Waals surface area contributed by atoms with E-state index in [1.807, 2.05) is 19.3 Å². The largest absolute Gasteiger partial charge is 0.472 e. The summed E-state index contributed by atoms with van der Waals surface area (Å²) in [6.45, 7) is 4.43. The number of hydrogen-bond donors (Lipinski definition) is 2. The van der Waals surface area contributed by atoms with E-state index in [-0.39, 0.29) is 6.61 Å². The summed E-state index contributed by atoms with van der Waals surface area (Å²) in [6, 6.07) is 2.94. The van der Waals surface area contributed by atoms with Crippen LogP contribution in [0.1, 0.15) is 44.7 Å². The fraction of sp³-hybridized carbons (Fsp3) is 0.600. The van der Waals surface area contributed by atoms with Crippen molar-refractivity contribution in [1.29, 1.82) is 0 Å². The number of piperidine rings is 1. The van der Waals surface area contributed by atoms with E-state index in [0.29, 0.717) is 18.0 Å². The third-order valence-corrected chi connectivity index (χ3v) is 3.93. The molecule has 18 heavy (non-hydrogen) atoms. The maximum atomic E-state index is 9.03. The van der Waals surface area contributed by atoms with Crippen molar-refractivity contribution in [2.45, 2.75) is 45.2 Å². The average molecular weight is 249 g/mol. The number of aliphatic hydroxyl groups is 1. The van der Waals surface area contributed by atoms with Gasteiger partial charge in [-0.25, -0.2) is 0 Å². The lowest BCUT2D eigenvalue weighted by Crippen LogP contribution is -2.41. The molecule has 1 aromatic rings. The highest BCUT2D eigenvalue weighted by Crippen LogP contribution is 2.30. The minimum absolute atomic E-state index is 0.159. The van der Waals surface area contributed by atoms with Crippen molar-refractivity contribution in [2.24, 2.45) is 5.92 Å². The van der Waals surface area contributed by atoms with E-state index >= 15 is 0 Å². The smallest absolute Gasteiger partial charge is 0.0950 e. The van der Waals surface area contributed by atoms with E-state index in [0.717, 1.165) is 12.0 Å². The van der Waals surface area contributed by atoms with Crippen LogP contribution >= 0.6 is 0 Å². The summed E-state index contributed by atoms with van der Waals surface area (Å²) < 4.78 is 5.16. The topological polar surface area (TPSA) is 45.4 Å². The highest BCUT2D eigenvalue weighted by molar-refractivity contribution is 5.13. The van der Waals surface area contributed by atoms with Crippen LogP contribution in [-0.2, 0) is 0 Å². The Labute approximate surface area is 109 Å². The van der Waals surface area contributed by atoms with Crippen molar-refractivity contribution >= 4 is 0 Å². The summed E-state index contributed by atoms with van der Waals surface area (Å²) >= 11 is 0. The van der Waals surface area contributed by atoms with Gasteiger partial charge in [0.2, 0.25) is 0 Å². The molecular formula is C15H23NO2. The zero-order chi connectivity index (χ0) is 13.0. The molecule has 3 atom stereocenters. The molecule has 2 N–H and O–H groups in total. The van der Waals surface area contributed by atoms with Gasteiger partial charge in [0, 0.05) is 17.6 Å². The maximum Gasteiger partial charge on any atom is 0.0950 e. The number of aliphatic hydroxyl groups excluding tert-OH is 1. The van der Waals surface area contributed by atoms with Gasteiger partial charge in [-0.05, 0) is 38.2 Å². The third kappa shape index (κ3) is 3.24. The van der Waals surface area contributed by atoms with E-state index in [1.165, 1.54) is 18.4 Å². The number of rotatable bonds is 4. The fourth-order valence-corrected chi connectivity index (χ4v) is 2.57. The third-order valence-electron chi connectivity index (χ3n) is 3.93. The van der Waals surface area contributed by atoms with Gasteiger partial charge in [-0.15, -0.1) is 0 Å². The zero-order valence-corrected chi connectivity index (χ0v) is 11.2. The van der Waals surface area contributed by atoms with Gasteiger partial charge in [-0.2, -0.15) is 0 Å². The van der Waals surface area contributed by atoms with Crippen molar-refractivity contribution in [2.75, 3.05) is 6.61 Å². The monoisotopic (exact) mass is 249 g/mol. The normalized spacial score (nSPS) is 29.5. The Hall–Kier alpha value is -1.06. The van der Waals surface area contributed by atoms with Crippen molar-refractivity contribution in [3.63, 3.8) is 0 Å². The Balaban J connectivity index is 1.97. The summed E-state index contributed by atoms with van der Waals surface area (Å²) in [5, 5.41) is 12.7. The first-order valence-electron chi connectivity index (χ1n) is 6.75. The van der Waals surface area contributed by atoms with Gasteiger partial charge in [0.15, 0.2) is 0 Å². The summed E-state index contributed by atoms with van der Waals surface area (Å²) in [6.07, 6.45) is 9.10. The number of nitrogens with one attached hydrogen (secondary N) is 1. The van der Waals surface area contributed by atoms with Crippen LogP contribution in [0.15, 0.2) is 34.7 Å². The Kier molecular flexibility index (Phi) is 4.61. The van der Waals surface area contributed by atoms with Crippen LogP contribution in [0.3, 0.4) is 0 Å². The summed E-state index contributed by atoms with van der Waals surface area (Å²) in [4.78, 5) is 0. The van der Waals surface area contributed by atoms with Gasteiger partial charge in [-0.1, -0.05) is 18.6 Å². The molecule has 0 aliphatic carbocycles. The van der Waals surface area contributed by atoms with Gasteiger partial charge in [-0.3, -0.25) is 0 Å². The van der Waals surface area contributed by atoms with Crippen molar-refractivity contribution in [3.05, 3.63) is 35.8 Å². The fourth-order valence-electron chi connectivity index (χ4n) is 2.57. The Morgan fingerprint density at radius 1 is 1.56 bits per heavy atom. The average Bonchev–Trinajstić information content (AvgIpc) is 2.91. The molecule has 0 amide bonds. The molecular weight excluding hydrogens is 226 g/mol. The standard InChI is InChI=1S/C15H23NO2/c1-11(9-17)3-5-14-12(2)4-6-15(16-14)13-7-8-18-10-13/h3,7-8,10,12,14-17H,4-6,9H2,1-2H3/b11-3+/t12-,14-,15-/m1/s1. The molecule has 1 aliphatic rings. The molecule has 1 fully saturated rings. The predicted molar refractivity (Wildman–Crippen MR) is 72.2 cm³/mol. The van der Waals surface area contributed by atoms with Gasteiger partial charge in [0.1, 0.15) is 0 Å². The van der Waals surface area contributed by atoms with Crippen molar-refractivity contribution in [1.82, 2.24) is 5.32 Å². The first-order valence-corrected chi connectivity index (χ1v) is 6.75. The second-order valence-electron chi connectivity index (χ2n) is 5.38. The first kappa shape index (κ1) is 13.4. The molecule has 0 aromatic carbocycles. The minimum Gasteiger partial charge on any atom is -0.472 e. The molecule has 2 rings (SSSR count). The summed E-state index contributed by atoms with van der Waals surface area (Å²) in [5.74, 6) is 0.677. The lowest BCUT2D eigenvalue weighted by atomic mass is 9.85. The van der Waals surface area contributed by atoms with Crippen LogP contribution in [-0.4, -0.2) is 17.8 Å². The molecule has 0 bridgehead atoms. The number of furan rings is 1. The van der Waals surface area contributed by atoms with E-state index in [2.05, 4.69) is 18.3 Å². The van der Waals surface area contributed by atoms with Crippen LogP contribution in [0.25, 0.3) is 0 Å². The predicted octanol–water partition coefficient (Wildman–Crippen LogP) is 3.04. The second kappa shape index (κ2) is 6.21. The molecule has 100 valence electrons. The lowest BCUT2D eigenvalue weighted by Gasteiger charge is -2.35. The second-order valence-corrected chi connectivity index (χ2v) is 5.38. The van der Waals surface area contributed by atoms with Crippen LogP contribution in [0.2, 0.25) is 0 Å². The molecule has 1 saturated heterocycles. The SMILES string of the molecule is C/C(=C\C[C@H]1N[C@@H](c2ccoc2)CC[C@H]1C)CO. The van der Waals surface area contributed by atoms with Gasteiger partial charge in [0.05, 0.1) is 19.1 Å². The lowest BCUT2D eigenvalue weighted by molar-refractivity contribution is 0.246. The van der Waals surface area contributed by atoms with Gasteiger partial charge in [0.25, 0.3) is 0 Å². The van der Waals surface area contributed by atoms with Crippen LogP contribution in [0.4, 0.5) is 0 Å². The molecule has 0 spiro atoms. The van der Waals surface area contributed by atoms with Crippen LogP contribution < -0.4 is 5.32 Å². The zero-order valence-electron chi connectivity index (χ0n) is 11.2. The van der Waals surface area contributed by atoms with Crippen LogP contribution in [0.5, 0.6) is 0 Å². The first-order chi connectivity index (χ1) is 8.70. The molecule has 0 unspecified atom stereocenters. The van der Waals surface area contributed by atoms with Crippen molar-refractivity contribution < 1.29 is 9.52 Å². The van der Waals surface area contributed by atoms with E-state index < -0.39 is 0 Å². The van der Waals surface area contributed by atoms with E-state index in [9.17, 15) is 0 Å². The Morgan fingerprint density at radius 3 is 3.06 bits per heavy atom. The highest BCUT2D eigenvalue weighted by atomic mass is 16.3. The quantitative estimate of drug-likeness (QED) is 0.806. The molecule has 1 aromatic heterocycles. The van der Waals surface area contributed by atoms with Crippen molar-refractivity contribution in [3.8, 4) is 0 Å². The van der Waals surface area contributed by atoms with Gasteiger partial charge < -0.3 is 14.8 Å². The number of hydrogen-bond acceptors (Lipinski definition) is 3. The molecule has 0 saturated carbocycles. The summed E-state index contributed by atoms with van der Waals surface area (Å²) in [5.41, 5.74) is 2.30. The van der Waals surface area contributed by atoms with E-state index in [4.69, 9.17) is 9.52 Å². The van der Waals surface area contributed by atoms with Crippen LogP contribution in [0, 0.1) is 5.92 Å². The molecule has 3 nitrogen and oxygen atoms in total. The molecule has 1 aliphatic heterocycles. The Morgan fingerprint density at radius 2 is 2.39 bits per heavy atom. The summed E-state index contributed by atoms with van der Waals surface area (Å²) in [7, 11) is 0. The Bertz CT molecular complexity index is 383. The molecule has 2 heterocycles. The van der Waals surface area contributed by atoms with Gasteiger partial charge >= 0.3 is 0 Å². The minimum atomic E-state index is 0.159. The maximum absolute atomic E-state index is 9.03. The highest BCUT2D eigenvalue weighted by Gasteiger charge is 2.27. The molecule has 0 radical (unpaired) electrons. The van der Waals surface area contributed by atoms with E-state index in [1.54, 1.807) is 6.26 Å².